The van der Waals surface area contributed by atoms with Crippen molar-refractivity contribution in [2.24, 2.45) is 5.73 Å². The molecule has 0 spiro atoms. The third-order valence-corrected chi connectivity index (χ3v) is 3.21. The van der Waals surface area contributed by atoms with Crippen molar-refractivity contribution in [3.05, 3.63) is 70.3 Å². The lowest BCUT2D eigenvalue weighted by molar-refractivity contribution is -0.138. The monoisotopic (exact) mass is 301 g/mol. The first-order valence-corrected chi connectivity index (χ1v) is 6.09. The fourth-order valence-electron chi connectivity index (χ4n) is 2.09. The van der Waals surface area contributed by atoms with E-state index in [4.69, 9.17) is 5.73 Å². The number of rotatable bonds is 2. The van der Waals surface area contributed by atoms with Crippen LogP contribution in [0.3, 0.4) is 0 Å². The highest BCUT2D eigenvalue weighted by Crippen LogP contribution is 2.36. The van der Waals surface area contributed by atoms with E-state index in [1.54, 1.807) is 0 Å². The molecule has 21 heavy (non-hydrogen) atoms. The molecule has 1 unspecified atom stereocenters. The van der Waals surface area contributed by atoms with Gasteiger partial charge in [-0.15, -0.1) is 0 Å². The van der Waals surface area contributed by atoms with Crippen LogP contribution in [0.1, 0.15) is 28.3 Å². The maximum absolute atomic E-state index is 13.9. The lowest BCUT2D eigenvalue weighted by atomic mass is 9.93. The predicted octanol–water partition coefficient (Wildman–Crippen LogP) is 4.34. The number of aryl methyl sites for hydroxylation is 1. The zero-order valence-corrected chi connectivity index (χ0v) is 11.0. The molecule has 0 fully saturated rings. The third kappa shape index (κ3) is 3.05. The summed E-state index contributed by atoms with van der Waals surface area (Å²) in [6.07, 6.45) is -4.62. The quantitative estimate of drug-likeness (QED) is 0.820. The Hall–Kier alpha value is -1.95. The third-order valence-electron chi connectivity index (χ3n) is 3.21. The van der Waals surface area contributed by atoms with Gasteiger partial charge in [0.1, 0.15) is 11.6 Å². The van der Waals surface area contributed by atoms with Crippen LogP contribution in [0.4, 0.5) is 22.0 Å². The molecule has 0 heterocycles. The van der Waals surface area contributed by atoms with Crippen LogP contribution in [-0.2, 0) is 6.18 Å². The first kappa shape index (κ1) is 15.4. The van der Waals surface area contributed by atoms with Gasteiger partial charge in [0, 0.05) is 5.56 Å². The van der Waals surface area contributed by atoms with Crippen molar-refractivity contribution in [2.75, 3.05) is 0 Å². The highest BCUT2D eigenvalue weighted by atomic mass is 19.4. The van der Waals surface area contributed by atoms with Gasteiger partial charge in [0.25, 0.3) is 0 Å². The largest absolute Gasteiger partial charge is 0.416 e. The SMILES string of the molecule is Cc1cc(F)c(C(N)c2ccccc2C(F)(F)F)cc1F. The Labute approximate surface area is 118 Å². The van der Waals surface area contributed by atoms with Crippen LogP contribution in [0.5, 0.6) is 0 Å². The second-order valence-electron chi connectivity index (χ2n) is 4.69. The number of hydrogen-bond donors (Lipinski definition) is 1. The summed E-state index contributed by atoms with van der Waals surface area (Å²) in [5.41, 5.74) is 4.22. The fraction of sp³-hybridized carbons (Fsp3) is 0.200. The van der Waals surface area contributed by atoms with Gasteiger partial charge in [-0.05, 0) is 36.2 Å². The van der Waals surface area contributed by atoms with E-state index in [1.807, 2.05) is 0 Å². The standard InChI is InChI=1S/C15H12F5N/c1-8-6-13(17)10(7-12(8)16)14(21)9-4-2-3-5-11(9)15(18,19)20/h2-7,14H,21H2,1H3. The molecule has 0 aliphatic heterocycles. The van der Waals surface area contributed by atoms with Gasteiger partial charge in [0.2, 0.25) is 0 Å². The molecule has 1 nitrogen and oxygen atoms in total. The van der Waals surface area contributed by atoms with Crippen molar-refractivity contribution in [3.8, 4) is 0 Å². The summed E-state index contributed by atoms with van der Waals surface area (Å²) in [5, 5.41) is 0. The average Bonchev–Trinajstić information content (AvgIpc) is 2.41. The Morgan fingerprint density at radius 2 is 1.57 bits per heavy atom. The van der Waals surface area contributed by atoms with Crippen LogP contribution in [0, 0.1) is 18.6 Å². The molecule has 0 radical (unpaired) electrons. The van der Waals surface area contributed by atoms with Gasteiger partial charge in [-0.1, -0.05) is 18.2 Å². The van der Waals surface area contributed by atoms with Crippen LogP contribution in [-0.4, -0.2) is 0 Å². The lowest BCUT2D eigenvalue weighted by Crippen LogP contribution is -2.19. The summed E-state index contributed by atoms with van der Waals surface area (Å²) in [4.78, 5) is 0. The molecule has 112 valence electrons. The van der Waals surface area contributed by atoms with Crippen molar-refractivity contribution in [1.82, 2.24) is 0 Å². The number of nitrogens with two attached hydrogens (primary N) is 1. The minimum absolute atomic E-state index is 0.0626. The first-order valence-electron chi connectivity index (χ1n) is 6.09. The average molecular weight is 301 g/mol. The Morgan fingerprint density at radius 3 is 2.19 bits per heavy atom. The highest BCUT2D eigenvalue weighted by molar-refractivity contribution is 5.40. The van der Waals surface area contributed by atoms with E-state index in [0.717, 1.165) is 24.3 Å². The summed E-state index contributed by atoms with van der Waals surface area (Å²) >= 11 is 0. The highest BCUT2D eigenvalue weighted by Gasteiger charge is 2.35. The fourth-order valence-corrected chi connectivity index (χ4v) is 2.09. The molecule has 0 amide bonds. The summed E-state index contributed by atoms with van der Waals surface area (Å²) in [5.74, 6) is -1.55. The Balaban J connectivity index is 2.56. The Kier molecular flexibility index (Phi) is 4.00. The predicted molar refractivity (Wildman–Crippen MR) is 68.6 cm³/mol. The lowest BCUT2D eigenvalue weighted by Gasteiger charge is -2.19. The summed E-state index contributed by atoms with van der Waals surface area (Å²) < 4.78 is 66.2. The summed E-state index contributed by atoms with van der Waals surface area (Å²) in [6.45, 7) is 1.36. The van der Waals surface area contributed by atoms with E-state index < -0.39 is 29.4 Å². The normalized spacial score (nSPS) is 13.3. The molecule has 6 heteroatoms. The molecule has 2 aromatic rings. The second-order valence-corrected chi connectivity index (χ2v) is 4.69. The van der Waals surface area contributed by atoms with E-state index >= 15 is 0 Å². The molecular formula is C15H12F5N. The molecule has 0 saturated carbocycles. The van der Waals surface area contributed by atoms with Gasteiger partial charge in [0.15, 0.2) is 0 Å². The molecule has 2 rings (SSSR count). The molecule has 0 aliphatic carbocycles. The van der Waals surface area contributed by atoms with Crippen LogP contribution >= 0.6 is 0 Å². The van der Waals surface area contributed by atoms with E-state index in [-0.39, 0.29) is 16.7 Å². The van der Waals surface area contributed by atoms with E-state index in [1.165, 1.54) is 19.1 Å². The summed E-state index contributed by atoms with van der Waals surface area (Å²) in [6, 6.07) is 4.95. The number of alkyl halides is 3. The molecular weight excluding hydrogens is 289 g/mol. The number of halogens is 5. The number of hydrogen-bond acceptors (Lipinski definition) is 1. The minimum Gasteiger partial charge on any atom is -0.320 e. The molecule has 0 bridgehead atoms. The summed E-state index contributed by atoms with van der Waals surface area (Å²) in [7, 11) is 0. The molecule has 1 atom stereocenters. The molecule has 0 saturated heterocycles. The van der Waals surface area contributed by atoms with Gasteiger partial charge in [-0.25, -0.2) is 8.78 Å². The van der Waals surface area contributed by atoms with Gasteiger partial charge in [0.05, 0.1) is 11.6 Å². The van der Waals surface area contributed by atoms with Crippen molar-refractivity contribution in [3.63, 3.8) is 0 Å². The van der Waals surface area contributed by atoms with Crippen LogP contribution in [0.2, 0.25) is 0 Å². The Morgan fingerprint density at radius 1 is 0.952 bits per heavy atom. The van der Waals surface area contributed by atoms with Crippen molar-refractivity contribution in [1.29, 1.82) is 0 Å². The van der Waals surface area contributed by atoms with Crippen molar-refractivity contribution < 1.29 is 22.0 Å². The zero-order valence-electron chi connectivity index (χ0n) is 11.0. The van der Waals surface area contributed by atoms with Crippen LogP contribution in [0.25, 0.3) is 0 Å². The van der Waals surface area contributed by atoms with Gasteiger partial charge < -0.3 is 5.73 Å². The first-order chi connectivity index (χ1) is 9.71. The minimum atomic E-state index is -4.62. The van der Waals surface area contributed by atoms with Crippen molar-refractivity contribution >= 4 is 0 Å². The van der Waals surface area contributed by atoms with Gasteiger partial charge in [-0.3, -0.25) is 0 Å². The molecule has 2 N–H and O–H groups in total. The maximum atomic E-state index is 13.9. The topological polar surface area (TPSA) is 26.0 Å². The van der Waals surface area contributed by atoms with Crippen LogP contribution < -0.4 is 5.73 Å². The second kappa shape index (κ2) is 5.44. The maximum Gasteiger partial charge on any atom is 0.416 e. The van der Waals surface area contributed by atoms with E-state index in [0.29, 0.717) is 0 Å². The van der Waals surface area contributed by atoms with Gasteiger partial charge >= 0.3 is 6.18 Å². The molecule has 0 aromatic heterocycles. The molecule has 0 aliphatic rings. The van der Waals surface area contributed by atoms with Gasteiger partial charge in [-0.2, -0.15) is 13.2 Å². The van der Waals surface area contributed by atoms with Crippen molar-refractivity contribution in [2.45, 2.75) is 19.1 Å². The zero-order chi connectivity index (χ0) is 15.8. The van der Waals surface area contributed by atoms with Crippen LogP contribution in [0.15, 0.2) is 36.4 Å². The molecule has 2 aromatic carbocycles. The number of benzene rings is 2. The van der Waals surface area contributed by atoms with E-state index in [9.17, 15) is 22.0 Å². The smallest absolute Gasteiger partial charge is 0.320 e. The Bertz CT molecular complexity index is 664. The van der Waals surface area contributed by atoms with E-state index in [2.05, 4.69) is 0 Å².